The highest BCUT2D eigenvalue weighted by Crippen LogP contribution is 2.21. The van der Waals surface area contributed by atoms with E-state index in [-0.39, 0.29) is 11.7 Å². The lowest BCUT2D eigenvalue weighted by Crippen LogP contribution is -2.26. The summed E-state index contributed by atoms with van der Waals surface area (Å²) in [6.07, 6.45) is 2.50. The summed E-state index contributed by atoms with van der Waals surface area (Å²) in [7, 11) is 0. The number of hydrogen-bond donors (Lipinski definition) is 1. The Morgan fingerprint density at radius 1 is 1.00 bits per heavy atom. The van der Waals surface area contributed by atoms with Crippen LogP contribution in [0.3, 0.4) is 0 Å². The largest absolute Gasteiger partial charge is 0.493 e. The predicted octanol–water partition coefficient (Wildman–Crippen LogP) is 5.62. The first-order chi connectivity index (χ1) is 16.5. The van der Waals surface area contributed by atoms with Crippen molar-refractivity contribution in [1.82, 2.24) is 14.9 Å². The molecular formula is C28H30FN3O2. The zero-order valence-electron chi connectivity index (χ0n) is 19.7. The van der Waals surface area contributed by atoms with E-state index in [9.17, 15) is 9.18 Å². The monoisotopic (exact) mass is 459 g/mol. The van der Waals surface area contributed by atoms with Crippen LogP contribution >= 0.6 is 0 Å². The minimum Gasteiger partial charge on any atom is -0.493 e. The first-order valence-corrected chi connectivity index (χ1v) is 11.7. The van der Waals surface area contributed by atoms with Crippen LogP contribution in [0.2, 0.25) is 0 Å². The minimum absolute atomic E-state index is 0.216. The van der Waals surface area contributed by atoms with Gasteiger partial charge in [0.1, 0.15) is 17.4 Å². The molecule has 0 saturated carbocycles. The fourth-order valence-corrected chi connectivity index (χ4v) is 3.99. The summed E-state index contributed by atoms with van der Waals surface area (Å²) in [6.45, 7) is 6.13. The van der Waals surface area contributed by atoms with Gasteiger partial charge in [0.2, 0.25) is 0 Å². The molecule has 4 rings (SSSR count). The summed E-state index contributed by atoms with van der Waals surface area (Å²) in [5.74, 6) is 1.32. The zero-order valence-corrected chi connectivity index (χ0v) is 19.7. The highest BCUT2D eigenvalue weighted by Gasteiger charge is 2.12. The molecule has 0 spiro atoms. The van der Waals surface area contributed by atoms with E-state index in [2.05, 4.69) is 35.9 Å². The average Bonchev–Trinajstić information content (AvgIpc) is 3.19. The van der Waals surface area contributed by atoms with Crippen LogP contribution in [0.5, 0.6) is 5.75 Å². The molecule has 0 unspecified atom stereocenters. The normalized spacial score (nSPS) is 11.0. The van der Waals surface area contributed by atoms with Gasteiger partial charge in [-0.25, -0.2) is 9.37 Å². The van der Waals surface area contributed by atoms with Crippen LogP contribution in [0.25, 0.3) is 11.0 Å². The average molecular weight is 460 g/mol. The molecule has 0 radical (unpaired) electrons. The number of aryl methyl sites for hydroxylation is 2. The summed E-state index contributed by atoms with van der Waals surface area (Å²) in [5, 5.41) is 2.91. The van der Waals surface area contributed by atoms with E-state index in [1.165, 1.54) is 35.4 Å². The number of imidazole rings is 1. The van der Waals surface area contributed by atoms with Crippen LogP contribution in [-0.4, -0.2) is 28.6 Å². The summed E-state index contributed by atoms with van der Waals surface area (Å²) >= 11 is 0. The Morgan fingerprint density at radius 2 is 1.79 bits per heavy atom. The van der Waals surface area contributed by atoms with E-state index in [4.69, 9.17) is 9.72 Å². The summed E-state index contributed by atoms with van der Waals surface area (Å²) in [4.78, 5) is 17.1. The molecule has 0 aliphatic rings. The van der Waals surface area contributed by atoms with Crippen molar-refractivity contribution < 1.29 is 13.9 Å². The molecule has 1 aromatic heterocycles. The van der Waals surface area contributed by atoms with Gasteiger partial charge in [-0.1, -0.05) is 24.3 Å². The van der Waals surface area contributed by atoms with E-state index >= 15 is 0 Å². The number of hydrogen-bond acceptors (Lipinski definition) is 3. The number of carbonyl (C=O) groups is 1. The maximum absolute atomic E-state index is 13.1. The Balaban J connectivity index is 1.33. The van der Waals surface area contributed by atoms with Crippen molar-refractivity contribution >= 4 is 16.9 Å². The molecule has 0 fully saturated rings. The van der Waals surface area contributed by atoms with Crippen molar-refractivity contribution in [3.8, 4) is 5.75 Å². The van der Waals surface area contributed by atoms with Crippen molar-refractivity contribution in [2.75, 3.05) is 13.2 Å². The van der Waals surface area contributed by atoms with Gasteiger partial charge in [0.25, 0.3) is 5.91 Å². The lowest BCUT2D eigenvalue weighted by molar-refractivity contribution is 0.0954. The Morgan fingerprint density at radius 3 is 2.62 bits per heavy atom. The van der Waals surface area contributed by atoms with Crippen molar-refractivity contribution in [2.45, 2.75) is 39.7 Å². The van der Waals surface area contributed by atoms with Crippen molar-refractivity contribution in [2.24, 2.45) is 0 Å². The smallest absolute Gasteiger partial charge is 0.251 e. The van der Waals surface area contributed by atoms with Crippen LogP contribution in [-0.2, 0) is 13.0 Å². The van der Waals surface area contributed by atoms with Gasteiger partial charge in [0.15, 0.2) is 0 Å². The highest BCUT2D eigenvalue weighted by atomic mass is 19.1. The Labute approximate surface area is 199 Å². The minimum atomic E-state index is -0.357. The number of amides is 1. The number of rotatable bonds is 10. The molecule has 34 heavy (non-hydrogen) atoms. The van der Waals surface area contributed by atoms with Crippen molar-refractivity contribution in [1.29, 1.82) is 0 Å². The molecule has 6 heteroatoms. The predicted molar refractivity (Wildman–Crippen MR) is 133 cm³/mol. The molecule has 176 valence electrons. The first-order valence-electron chi connectivity index (χ1n) is 11.7. The van der Waals surface area contributed by atoms with Gasteiger partial charge < -0.3 is 14.6 Å². The lowest BCUT2D eigenvalue weighted by atomic mass is 10.1. The van der Waals surface area contributed by atoms with Gasteiger partial charge in [-0.15, -0.1) is 0 Å². The van der Waals surface area contributed by atoms with E-state index in [0.29, 0.717) is 25.1 Å². The first kappa shape index (κ1) is 23.5. The molecule has 0 saturated heterocycles. The Hall–Kier alpha value is -3.67. The molecular weight excluding hydrogens is 429 g/mol. The SMILES string of the molecule is Cc1cccc(OCCCCn2c(CCNC(=O)c3ccc(F)cc3)nc3ccccc32)c1C. The van der Waals surface area contributed by atoms with E-state index in [1.54, 1.807) is 0 Å². The third-order valence-electron chi connectivity index (χ3n) is 6.06. The molecule has 1 N–H and O–H groups in total. The number of unbranched alkanes of at least 4 members (excludes halogenated alkanes) is 1. The number of aromatic nitrogens is 2. The van der Waals surface area contributed by atoms with Crippen molar-refractivity contribution in [3.63, 3.8) is 0 Å². The number of nitrogens with one attached hydrogen (secondary N) is 1. The number of carbonyl (C=O) groups excluding carboxylic acids is 1. The van der Waals surface area contributed by atoms with Gasteiger partial charge in [-0.3, -0.25) is 4.79 Å². The number of ether oxygens (including phenoxy) is 1. The van der Waals surface area contributed by atoms with Gasteiger partial charge in [0, 0.05) is 25.1 Å². The molecule has 5 nitrogen and oxygen atoms in total. The number of para-hydroxylation sites is 2. The molecule has 1 amide bonds. The van der Waals surface area contributed by atoms with Gasteiger partial charge in [-0.2, -0.15) is 0 Å². The fraction of sp³-hybridized carbons (Fsp3) is 0.286. The Kier molecular flexibility index (Phi) is 7.58. The quantitative estimate of drug-likeness (QED) is 0.313. The molecule has 0 aliphatic carbocycles. The number of nitrogens with zero attached hydrogens (tertiary/aromatic N) is 2. The standard InChI is InChI=1S/C28H30FN3O2/c1-20-8-7-11-26(21(20)2)34-19-6-5-18-32-25-10-4-3-9-24(25)31-27(32)16-17-30-28(33)22-12-14-23(29)15-13-22/h3-4,7-15H,5-6,16-19H2,1-2H3,(H,30,33). The van der Waals surface area contributed by atoms with E-state index in [1.807, 2.05) is 30.3 Å². The van der Waals surface area contributed by atoms with Gasteiger partial charge in [-0.05, 0) is 80.3 Å². The maximum atomic E-state index is 13.1. The summed E-state index contributed by atoms with van der Waals surface area (Å²) in [6, 6.07) is 19.8. The molecule has 0 aliphatic heterocycles. The second-order valence-corrected chi connectivity index (χ2v) is 8.43. The topological polar surface area (TPSA) is 56.1 Å². The third kappa shape index (κ3) is 5.63. The van der Waals surface area contributed by atoms with Crippen LogP contribution < -0.4 is 10.1 Å². The molecule has 0 atom stereocenters. The second kappa shape index (κ2) is 11.0. The van der Waals surface area contributed by atoms with Gasteiger partial charge >= 0.3 is 0 Å². The third-order valence-corrected chi connectivity index (χ3v) is 6.06. The Bertz CT molecular complexity index is 1260. The molecule has 1 heterocycles. The number of benzene rings is 3. The summed E-state index contributed by atoms with van der Waals surface area (Å²) < 4.78 is 21.3. The van der Waals surface area contributed by atoms with Crippen LogP contribution in [0.15, 0.2) is 66.7 Å². The van der Waals surface area contributed by atoms with E-state index < -0.39 is 0 Å². The van der Waals surface area contributed by atoms with Crippen LogP contribution in [0, 0.1) is 19.7 Å². The molecule has 0 bridgehead atoms. The molecule has 3 aromatic carbocycles. The number of fused-ring (bicyclic) bond motifs is 1. The van der Waals surface area contributed by atoms with Crippen LogP contribution in [0.1, 0.15) is 40.2 Å². The fourth-order valence-electron chi connectivity index (χ4n) is 3.99. The molecule has 4 aromatic rings. The van der Waals surface area contributed by atoms with Crippen molar-refractivity contribution in [3.05, 3.63) is 95.1 Å². The maximum Gasteiger partial charge on any atom is 0.251 e. The van der Waals surface area contributed by atoms with Gasteiger partial charge in [0.05, 0.1) is 17.6 Å². The lowest BCUT2D eigenvalue weighted by Gasteiger charge is -2.12. The second-order valence-electron chi connectivity index (χ2n) is 8.43. The highest BCUT2D eigenvalue weighted by molar-refractivity contribution is 5.94. The zero-order chi connectivity index (χ0) is 23.9. The number of halogens is 1. The van der Waals surface area contributed by atoms with Crippen LogP contribution in [0.4, 0.5) is 4.39 Å². The van der Waals surface area contributed by atoms with E-state index in [0.717, 1.165) is 42.0 Å². The summed E-state index contributed by atoms with van der Waals surface area (Å²) in [5.41, 5.74) is 4.91.